The predicted molar refractivity (Wildman–Crippen MR) is 57.7 cm³/mol. The van der Waals surface area contributed by atoms with Crippen LogP contribution in [0.2, 0.25) is 0 Å². The Morgan fingerprint density at radius 1 is 1.25 bits per heavy atom. The second-order valence-corrected chi connectivity index (χ2v) is 10.7. The van der Waals surface area contributed by atoms with Crippen molar-refractivity contribution < 1.29 is 4.39 Å². The van der Waals surface area contributed by atoms with Gasteiger partial charge in [-0.05, 0) is 0 Å². The lowest BCUT2D eigenvalue weighted by molar-refractivity contribution is -0.755. The average Bonchev–Trinajstić information content (AvgIpc) is 1.25. The standard InChI is InChI=1S/C3H9BClI2N/c1-8(2,3)4(5,6)7/h1-3H3. The van der Waals surface area contributed by atoms with Crippen LogP contribution in [0, 0.1) is 0 Å². The molecule has 0 spiro atoms. The number of rotatable bonds is 1. The fourth-order valence-corrected chi connectivity index (χ4v) is 0. The first-order chi connectivity index (χ1) is 3.25. The molecule has 0 radical (unpaired) electrons. The highest BCUT2D eigenvalue weighted by Crippen LogP contribution is 2.32. The van der Waals surface area contributed by atoms with Crippen molar-refractivity contribution in [3.63, 3.8) is 0 Å². The summed E-state index contributed by atoms with van der Waals surface area (Å²) in [6.45, 7) is 0. The summed E-state index contributed by atoms with van der Waals surface area (Å²) in [7, 11) is 6.27. The van der Waals surface area contributed by atoms with E-state index in [1.54, 1.807) is 0 Å². The van der Waals surface area contributed by atoms with Gasteiger partial charge < -0.3 is 4.39 Å². The third kappa shape index (κ3) is 3.07. The highest BCUT2D eigenvalue weighted by Gasteiger charge is 2.28. The first-order valence-corrected chi connectivity index (χ1v) is 5.18. The Morgan fingerprint density at radius 3 is 1.38 bits per heavy atom. The van der Waals surface area contributed by atoms with Crippen molar-refractivity contribution >= 4 is 57.6 Å². The SMILES string of the molecule is C[N+](C)(C)[B-](Cl)(I)I. The van der Waals surface area contributed by atoms with E-state index in [9.17, 15) is 0 Å². The van der Waals surface area contributed by atoms with Crippen molar-refractivity contribution in [1.82, 2.24) is 0 Å². The second kappa shape index (κ2) is 2.80. The predicted octanol–water partition coefficient (Wildman–Crippen LogP) is 2.24. The monoisotopic (exact) mass is 359 g/mol. The van der Waals surface area contributed by atoms with Crippen LogP contribution in [-0.4, -0.2) is 26.9 Å². The Morgan fingerprint density at radius 2 is 1.38 bits per heavy atom. The van der Waals surface area contributed by atoms with Crippen molar-refractivity contribution in [2.45, 2.75) is 0 Å². The third-order valence-corrected chi connectivity index (χ3v) is 4.81. The molecule has 8 heavy (non-hydrogen) atoms. The number of quaternary nitrogens is 1. The van der Waals surface area contributed by atoms with Crippen molar-refractivity contribution in [2.24, 2.45) is 0 Å². The molecular formula is C3H9BClI2N. The quantitative estimate of drug-likeness (QED) is 0.498. The van der Waals surface area contributed by atoms with Crippen LogP contribution < -0.4 is 0 Å². The summed E-state index contributed by atoms with van der Waals surface area (Å²) in [4.78, 5) is 0. The van der Waals surface area contributed by atoms with Crippen LogP contribution in [0.5, 0.6) is 0 Å². The maximum Gasteiger partial charge on any atom is 0.403 e. The van der Waals surface area contributed by atoms with E-state index in [1.807, 2.05) is 0 Å². The molecule has 1 nitrogen and oxygen atoms in total. The largest absolute Gasteiger partial charge is 0.492 e. The van der Waals surface area contributed by atoms with Gasteiger partial charge in [0.1, 0.15) is 0 Å². The molecule has 0 aliphatic carbocycles. The summed E-state index contributed by atoms with van der Waals surface area (Å²) < 4.78 is 0.0260. The first-order valence-electron chi connectivity index (χ1n) is 2.25. The Kier molecular flexibility index (Phi) is 3.42. The minimum Gasteiger partial charge on any atom is -0.492 e. The lowest BCUT2D eigenvalue weighted by Gasteiger charge is -2.42. The highest BCUT2D eigenvalue weighted by atomic mass is 127. The van der Waals surface area contributed by atoms with E-state index < -0.39 is 1.41 Å². The molecule has 0 aliphatic heterocycles. The van der Waals surface area contributed by atoms with E-state index >= 15 is 0 Å². The highest BCUT2D eigenvalue weighted by molar-refractivity contribution is 14.3. The van der Waals surface area contributed by atoms with Gasteiger partial charge in [0.05, 0.1) is 0 Å². The van der Waals surface area contributed by atoms with Crippen molar-refractivity contribution in [1.29, 1.82) is 0 Å². The average molecular weight is 359 g/mol. The van der Waals surface area contributed by atoms with Crippen LogP contribution in [0.25, 0.3) is 0 Å². The number of nitrogens with zero attached hydrogens (tertiary/aromatic N) is 1. The molecule has 5 heteroatoms. The number of hydrogen-bond donors (Lipinski definition) is 0. The Hall–Kier alpha value is 1.77. The number of hydrogen-bond acceptors (Lipinski definition) is 0. The van der Waals surface area contributed by atoms with Gasteiger partial charge in [0.2, 0.25) is 0 Å². The zero-order valence-corrected chi connectivity index (χ0v) is 10.2. The van der Waals surface area contributed by atoms with Crippen LogP contribution in [-0.2, 0) is 0 Å². The molecule has 0 N–H and O–H groups in total. The number of halogens is 3. The molecule has 0 amide bonds. The fourth-order valence-electron chi connectivity index (χ4n) is 0. The molecule has 0 bridgehead atoms. The molecule has 0 aromatic rings. The Balaban J connectivity index is 4.02. The summed E-state index contributed by atoms with van der Waals surface area (Å²) in [5, 5.41) is 0. The minimum absolute atomic E-state index is 0.796. The topological polar surface area (TPSA) is 0 Å². The van der Waals surface area contributed by atoms with Gasteiger partial charge in [-0.15, -0.1) is 0 Å². The van der Waals surface area contributed by atoms with Gasteiger partial charge in [0, 0.05) is 21.1 Å². The Labute approximate surface area is 82.3 Å². The molecule has 0 unspecified atom stereocenters. The molecule has 50 valence electrons. The smallest absolute Gasteiger partial charge is 0.403 e. The minimum atomic E-state index is -0.796. The molecule has 0 atom stereocenters. The molecule has 0 heterocycles. The normalized spacial score (nSPS) is 14.2. The zero-order chi connectivity index (χ0) is 7.00. The molecule has 0 aliphatic rings. The van der Waals surface area contributed by atoms with E-state index in [1.165, 1.54) is 0 Å². The molecule has 0 saturated carbocycles. The summed E-state index contributed by atoms with van der Waals surface area (Å²) in [6.07, 6.45) is 0. The molecule has 0 aromatic carbocycles. The van der Waals surface area contributed by atoms with Gasteiger partial charge in [-0.2, -0.15) is 0 Å². The summed E-state index contributed by atoms with van der Waals surface area (Å²) >= 11 is 10.6. The maximum absolute atomic E-state index is 6.02. The van der Waals surface area contributed by atoms with Crippen LogP contribution in [0.1, 0.15) is 0 Å². The summed E-state index contributed by atoms with van der Waals surface area (Å²) in [5.74, 6) is 0. The van der Waals surface area contributed by atoms with E-state index in [0.29, 0.717) is 0 Å². The fraction of sp³-hybridized carbons (Fsp3) is 1.00. The van der Waals surface area contributed by atoms with Gasteiger partial charge >= 0.3 is 1.41 Å². The molecule has 0 rings (SSSR count). The van der Waals surface area contributed by atoms with Crippen molar-refractivity contribution in [2.75, 3.05) is 21.1 Å². The zero-order valence-electron chi connectivity index (χ0n) is 5.16. The van der Waals surface area contributed by atoms with E-state index in [-0.39, 0.29) is 0 Å². The van der Waals surface area contributed by atoms with Crippen LogP contribution in [0.4, 0.5) is 0 Å². The van der Waals surface area contributed by atoms with Gasteiger partial charge in [-0.25, -0.2) is 44.7 Å². The van der Waals surface area contributed by atoms with Crippen LogP contribution in [0.3, 0.4) is 0 Å². The first kappa shape index (κ1) is 9.77. The Bertz CT molecular complexity index is 72.3. The van der Waals surface area contributed by atoms with Crippen LogP contribution >= 0.6 is 56.2 Å². The van der Waals surface area contributed by atoms with Gasteiger partial charge in [0.15, 0.2) is 0 Å². The van der Waals surface area contributed by atoms with Gasteiger partial charge in [-0.3, -0.25) is 11.5 Å². The summed E-state index contributed by atoms with van der Waals surface area (Å²) in [6, 6.07) is 0. The molecule has 0 aromatic heterocycles. The molecular weight excluding hydrogens is 350 g/mol. The van der Waals surface area contributed by atoms with Gasteiger partial charge in [-0.1, -0.05) is 0 Å². The third-order valence-electron chi connectivity index (χ3n) is 0.878. The molecule has 0 fully saturated rings. The lowest BCUT2D eigenvalue weighted by atomic mass is 10.3. The maximum atomic E-state index is 6.02. The van der Waals surface area contributed by atoms with E-state index in [0.717, 1.165) is 4.39 Å². The van der Waals surface area contributed by atoms with E-state index in [4.69, 9.17) is 11.5 Å². The second-order valence-electron chi connectivity index (χ2n) is 2.66. The van der Waals surface area contributed by atoms with Crippen molar-refractivity contribution in [3.8, 4) is 0 Å². The molecule has 0 saturated heterocycles. The lowest BCUT2D eigenvalue weighted by Crippen LogP contribution is -2.49. The van der Waals surface area contributed by atoms with Crippen LogP contribution in [0.15, 0.2) is 0 Å². The summed E-state index contributed by atoms with van der Waals surface area (Å²) in [5.41, 5.74) is 0. The van der Waals surface area contributed by atoms with Crippen molar-refractivity contribution in [3.05, 3.63) is 0 Å². The van der Waals surface area contributed by atoms with E-state index in [2.05, 4.69) is 65.9 Å². The van der Waals surface area contributed by atoms with Gasteiger partial charge in [0.25, 0.3) is 0 Å².